The van der Waals surface area contributed by atoms with Gasteiger partial charge in [-0.1, -0.05) is 26.0 Å². The van der Waals surface area contributed by atoms with Crippen LogP contribution in [0.15, 0.2) is 18.2 Å². The van der Waals surface area contributed by atoms with Crippen LogP contribution in [0.3, 0.4) is 0 Å². The molecular formula is C14H21NO. The summed E-state index contributed by atoms with van der Waals surface area (Å²) in [6.07, 6.45) is 4.58. The highest BCUT2D eigenvalue weighted by Gasteiger charge is 2.22. The molecule has 0 aliphatic heterocycles. The van der Waals surface area contributed by atoms with E-state index in [4.69, 9.17) is 10.5 Å². The average Bonchev–Trinajstić information content (AvgIpc) is 2.69. The van der Waals surface area contributed by atoms with Crippen LogP contribution in [-0.4, -0.2) is 6.10 Å². The molecule has 0 spiro atoms. The fraction of sp³-hybridized carbons (Fsp3) is 0.571. The second kappa shape index (κ2) is 4.88. The molecule has 0 fully saturated rings. The largest absolute Gasteiger partial charge is 0.490 e. The Labute approximate surface area is 97.8 Å². The molecule has 0 saturated carbocycles. The Kier molecular flexibility index (Phi) is 3.49. The van der Waals surface area contributed by atoms with Crippen LogP contribution < -0.4 is 10.5 Å². The Hall–Kier alpha value is -1.02. The Balaban J connectivity index is 2.22. The maximum atomic E-state index is 6.06. The van der Waals surface area contributed by atoms with Crippen molar-refractivity contribution in [3.05, 3.63) is 29.3 Å². The number of hydrogen-bond acceptors (Lipinski definition) is 2. The van der Waals surface area contributed by atoms with Crippen LogP contribution in [0.4, 0.5) is 0 Å². The molecule has 1 aromatic rings. The highest BCUT2D eigenvalue weighted by molar-refractivity contribution is 5.45. The van der Waals surface area contributed by atoms with E-state index in [0.717, 1.165) is 31.4 Å². The van der Waals surface area contributed by atoms with Crippen LogP contribution in [0.2, 0.25) is 0 Å². The van der Waals surface area contributed by atoms with Gasteiger partial charge in [0.25, 0.3) is 0 Å². The lowest BCUT2D eigenvalue weighted by Gasteiger charge is -2.18. The van der Waals surface area contributed by atoms with Crippen LogP contribution in [0.1, 0.15) is 50.3 Å². The number of rotatable bonds is 4. The first-order chi connectivity index (χ1) is 7.76. The molecule has 1 aliphatic carbocycles. The van der Waals surface area contributed by atoms with Crippen molar-refractivity contribution < 1.29 is 4.74 Å². The van der Waals surface area contributed by atoms with Crippen LogP contribution in [0, 0.1) is 0 Å². The van der Waals surface area contributed by atoms with Crippen LogP contribution in [0.25, 0.3) is 0 Å². The van der Waals surface area contributed by atoms with Gasteiger partial charge in [0.2, 0.25) is 0 Å². The second-order valence-corrected chi connectivity index (χ2v) is 4.53. The zero-order chi connectivity index (χ0) is 11.5. The molecule has 0 amide bonds. The van der Waals surface area contributed by atoms with Crippen molar-refractivity contribution in [2.45, 2.75) is 51.7 Å². The first-order valence-corrected chi connectivity index (χ1v) is 6.30. The van der Waals surface area contributed by atoms with Crippen molar-refractivity contribution in [3.63, 3.8) is 0 Å². The SMILES string of the molecule is CCC(CC)Oc1cccc2c1CCC2N. The van der Waals surface area contributed by atoms with Crippen molar-refractivity contribution >= 4 is 0 Å². The fourth-order valence-electron chi connectivity index (χ4n) is 2.40. The molecule has 2 N–H and O–H groups in total. The van der Waals surface area contributed by atoms with E-state index in [9.17, 15) is 0 Å². The van der Waals surface area contributed by atoms with Gasteiger partial charge >= 0.3 is 0 Å². The van der Waals surface area contributed by atoms with Gasteiger partial charge in [-0.2, -0.15) is 0 Å². The van der Waals surface area contributed by atoms with Crippen molar-refractivity contribution in [2.75, 3.05) is 0 Å². The summed E-state index contributed by atoms with van der Waals surface area (Å²) in [4.78, 5) is 0. The summed E-state index contributed by atoms with van der Waals surface area (Å²) >= 11 is 0. The lowest BCUT2D eigenvalue weighted by atomic mass is 10.1. The van der Waals surface area contributed by atoms with Gasteiger partial charge in [-0.3, -0.25) is 0 Å². The third-order valence-corrected chi connectivity index (χ3v) is 3.48. The maximum Gasteiger partial charge on any atom is 0.123 e. The summed E-state index contributed by atoms with van der Waals surface area (Å²) in [5, 5.41) is 0. The molecule has 0 radical (unpaired) electrons. The number of benzene rings is 1. The van der Waals surface area contributed by atoms with E-state index in [1.807, 2.05) is 0 Å². The van der Waals surface area contributed by atoms with Crippen molar-refractivity contribution in [3.8, 4) is 5.75 Å². The van der Waals surface area contributed by atoms with E-state index in [-0.39, 0.29) is 6.04 Å². The molecule has 16 heavy (non-hydrogen) atoms. The third kappa shape index (κ3) is 2.07. The van der Waals surface area contributed by atoms with E-state index < -0.39 is 0 Å². The third-order valence-electron chi connectivity index (χ3n) is 3.48. The standard InChI is InChI=1S/C14H21NO/c1-3-10(4-2)16-14-7-5-6-11-12(14)8-9-13(11)15/h5-7,10,13H,3-4,8-9,15H2,1-2H3. The smallest absolute Gasteiger partial charge is 0.123 e. The zero-order valence-electron chi connectivity index (χ0n) is 10.2. The molecule has 1 atom stereocenters. The van der Waals surface area contributed by atoms with Gasteiger partial charge in [-0.05, 0) is 42.9 Å². The monoisotopic (exact) mass is 219 g/mol. The Morgan fingerprint density at radius 2 is 2.12 bits per heavy atom. The normalized spacial score (nSPS) is 18.9. The predicted octanol–water partition coefficient (Wildman–Crippen LogP) is 3.20. The number of hydrogen-bond donors (Lipinski definition) is 1. The summed E-state index contributed by atoms with van der Waals surface area (Å²) < 4.78 is 6.05. The first kappa shape index (κ1) is 11.5. The first-order valence-electron chi connectivity index (χ1n) is 6.30. The van der Waals surface area contributed by atoms with Gasteiger partial charge < -0.3 is 10.5 Å². The zero-order valence-corrected chi connectivity index (χ0v) is 10.2. The van der Waals surface area contributed by atoms with E-state index in [2.05, 4.69) is 32.0 Å². The average molecular weight is 219 g/mol. The minimum atomic E-state index is 0.209. The van der Waals surface area contributed by atoms with E-state index in [1.165, 1.54) is 11.1 Å². The van der Waals surface area contributed by atoms with Crippen LogP contribution in [0.5, 0.6) is 5.75 Å². The second-order valence-electron chi connectivity index (χ2n) is 4.53. The molecule has 1 aromatic carbocycles. The Morgan fingerprint density at radius 3 is 2.81 bits per heavy atom. The van der Waals surface area contributed by atoms with Gasteiger partial charge in [0.1, 0.15) is 5.75 Å². The number of ether oxygens (including phenoxy) is 1. The molecule has 1 aliphatic rings. The summed E-state index contributed by atoms with van der Waals surface area (Å²) in [5.74, 6) is 1.05. The Bertz CT molecular complexity index is 358. The van der Waals surface area contributed by atoms with Crippen molar-refractivity contribution in [2.24, 2.45) is 5.73 Å². The van der Waals surface area contributed by atoms with Gasteiger partial charge in [-0.15, -0.1) is 0 Å². The maximum absolute atomic E-state index is 6.06. The lowest BCUT2D eigenvalue weighted by Crippen LogP contribution is -2.14. The molecular weight excluding hydrogens is 198 g/mol. The summed E-state index contributed by atoms with van der Waals surface area (Å²) in [7, 11) is 0. The lowest BCUT2D eigenvalue weighted by molar-refractivity contribution is 0.191. The van der Waals surface area contributed by atoms with Gasteiger partial charge in [-0.25, -0.2) is 0 Å². The minimum Gasteiger partial charge on any atom is -0.490 e. The number of nitrogens with two attached hydrogens (primary N) is 1. The fourth-order valence-corrected chi connectivity index (χ4v) is 2.40. The topological polar surface area (TPSA) is 35.2 Å². The molecule has 88 valence electrons. The quantitative estimate of drug-likeness (QED) is 0.844. The van der Waals surface area contributed by atoms with E-state index in [1.54, 1.807) is 0 Å². The Morgan fingerprint density at radius 1 is 1.38 bits per heavy atom. The van der Waals surface area contributed by atoms with Gasteiger partial charge in [0, 0.05) is 6.04 Å². The minimum absolute atomic E-state index is 0.209. The molecule has 2 nitrogen and oxygen atoms in total. The van der Waals surface area contributed by atoms with E-state index in [0.29, 0.717) is 6.10 Å². The predicted molar refractivity (Wildman–Crippen MR) is 66.7 cm³/mol. The highest BCUT2D eigenvalue weighted by atomic mass is 16.5. The van der Waals surface area contributed by atoms with Crippen molar-refractivity contribution in [1.82, 2.24) is 0 Å². The summed E-state index contributed by atoms with van der Waals surface area (Å²) in [5.41, 5.74) is 8.67. The molecule has 2 rings (SSSR count). The van der Waals surface area contributed by atoms with Gasteiger partial charge in [0.15, 0.2) is 0 Å². The van der Waals surface area contributed by atoms with Crippen molar-refractivity contribution in [1.29, 1.82) is 0 Å². The molecule has 1 unspecified atom stereocenters. The van der Waals surface area contributed by atoms with E-state index >= 15 is 0 Å². The molecule has 2 heteroatoms. The number of fused-ring (bicyclic) bond motifs is 1. The van der Waals surface area contributed by atoms with Crippen LogP contribution >= 0.6 is 0 Å². The molecule has 0 bridgehead atoms. The van der Waals surface area contributed by atoms with Crippen LogP contribution in [-0.2, 0) is 6.42 Å². The molecule has 0 aromatic heterocycles. The highest BCUT2D eigenvalue weighted by Crippen LogP contribution is 2.36. The molecule has 0 saturated heterocycles. The molecule has 0 heterocycles. The summed E-state index contributed by atoms with van der Waals surface area (Å²) in [6, 6.07) is 6.48. The van der Waals surface area contributed by atoms with Gasteiger partial charge in [0.05, 0.1) is 6.10 Å². The summed E-state index contributed by atoms with van der Waals surface area (Å²) in [6.45, 7) is 4.34.